The normalized spacial score (nSPS) is 12.8. The number of nitrogens with zero attached hydrogens (tertiary/aromatic N) is 3. The molecule has 0 N–H and O–H groups in total. The van der Waals surface area contributed by atoms with E-state index in [9.17, 15) is 18.5 Å². The number of hydrogen-bond acceptors (Lipinski definition) is 5. The van der Waals surface area contributed by atoms with Crippen molar-refractivity contribution in [1.29, 1.82) is 5.26 Å². The molecule has 1 aromatic heterocycles. The number of aromatic nitrogens is 1. The Bertz CT molecular complexity index is 1170. The van der Waals surface area contributed by atoms with E-state index in [1.807, 2.05) is 13.0 Å². The average Bonchev–Trinajstić information content (AvgIpc) is 3.06. The fourth-order valence-corrected chi connectivity index (χ4v) is 4.62. The van der Waals surface area contributed by atoms with Gasteiger partial charge in [-0.2, -0.15) is 5.26 Å². The van der Waals surface area contributed by atoms with Crippen molar-refractivity contribution in [2.24, 2.45) is 5.92 Å². The van der Waals surface area contributed by atoms with Gasteiger partial charge in [0.25, 0.3) is 10.0 Å². The number of nitriles is 1. The number of benzene rings is 2. The van der Waals surface area contributed by atoms with E-state index in [0.717, 1.165) is 9.54 Å². The summed E-state index contributed by atoms with van der Waals surface area (Å²) in [6.45, 7) is 2.08. The van der Waals surface area contributed by atoms with Gasteiger partial charge >= 0.3 is 0 Å². The molecule has 0 aliphatic heterocycles. The predicted octanol–water partition coefficient (Wildman–Crippen LogP) is 3.07. The van der Waals surface area contributed by atoms with E-state index in [4.69, 9.17) is 0 Å². The highest BCUT2D eigenvalue weighted by Crippen LogP contribution is 2.27. The molecule has 1 atom stereocenters. The molecule has 1 unspecified atom stereocenters. The van der Waals surface area contributed by atoms with Gasteiger partial charge in [0.05, 0.1) is 16.5 Å². The first-order chi connectivity index (χ1) is 13.3. The number of carbonyl (C=O) groups excluding carboxylic acids is 1. The van der Waals surface area contributed by atoms with E-state index < -0.39 is 21.7 Å². The van der Waals surface area contributed by atoms with Crippen LogP contribution in [0.4, 0.5) is 0 Å². The monoisotopic (exact) mass is 395 g/mol. The lowest BCUT2D eigenvalue weighted by Crippen LogP contribution is -2.29. The lowest BCUT2D eigenvalue weighted by atomic mass is 10.0. The number of aryl methyl sites for hydroxylation is 1. The van der Waals surface area contributed by atoms with E-state index in [1.54, 1.807) is 61.5 Å². The molecule has 28 heavy (non-hydrogen) atoms. The van der Waals surface area contributed by atoms with E-state index in [2.05, 4.69) is 0 Å². The minimum Gasteiger partial charge on any atom is -0.308 e. The van der Waals surface area contributed by atoms with Crippen LogP contribution in [0.2, 0.25) is 0 Å². The Morgan fingerprint density at radius 2 is 1.79 bits per heavy atom. The van der Waals surface area contributed by atoms with Crippen LogP contribution in [0.1, 0.15) is 16.1 Å². The Morgan fingerprint density at radius 1 is 1.14 bits per heavy atom. The summed E-state index contributed by atoms with van der Waals surface area (Å²) in [4.78, 5) is 14.9. The third kappa shape index (κ3) is 3.57. The van der Waals surface area contributed by atoms with Gasteiger partial charge in [-0.05, 0) is 45.3 Å². The van der Waals surface area contributed by atoms with Gasteiger partial charge in [0, 0.05) is 11.9 Å². The fraction of sp³-hybridized carbons (Fsp3) is 0.238. The molecular formula is C21H21N3O3S. The molecule has 6 nitrogen and oxygen atoms in total. The average molecular weight is 395 g/mol. The topological polar surface area (TPSA) is 83.2 Å². The Hall–Kier alpha value is -2.95. The van der Waals surface area contributed by atoms with Crippen molar-refractivity contribution < 1.29 is 13.2 Å². The fourth-order valence-electron chi connectivity index (χ4n) is 3.10. The molecular weight excluding hydrogens is 374 g/mol. The number of carbonyl (C=O) groups is 1. The molecule has 0 spiro atoms. The zero-order chi connectivity index (χ0) is 20.5. The molecule has 0 aliphatic rings. The highest BCUT2D eigenvalue weighted by Gasteiger charge is 2.30. The molecule has 3 aromatic rings. The second kappa shape index (κ2) is 7.58. The number of para-hydroxylation sites is 1. The third-order valence-corrected chi connectivity index (χ3v) is 6.24. The number of rotatable bonds is 6. The van der Waals surface area contributed by atoms with Gasteiger partial charge in [0.15, 0.2) is 5.78 Å². The molecule has 0 fully saturated rings. The van der Waals surface area contributed by atoms with Gasteiger partial charge in [0.1, 0.15) is 11.6 Å². The van der Waals surface area contributed by atoms with Crippen molar-refractivity contribution in [3.63, 3.8) is 0 Å². The van der Waals surface area contributed by atoms with E-state index in [-0.39, 0.29) is 17.1 Å². The van der Waals surface area contributed by atoms with Gasteiger partial charge in [-0.3, -0.25) is 4.79 Å². The van der Waals surface area contributed by atoms with E-state index in [0.29, 0.717) is 10.9 Å². The van der Waals surface area contributed by atoms with Crippen molar-refractivity contribution in [1.82, 2.24) is 8.87 Å². The zero-order valence-electron chi connectivity index (χ0n) is 16.0. The van der Waals surface area contributed by atoms with Crippen LogP contribution in [0.15, 0.2) is 59.5 Å². The van der Waals surface area contributed by atoms with Crippen LogP contribution >= 0.6 is 0 Å². The van der Waals surface area contributed by atoms with Crippen molar-refractivity contribution in [2.75, 3.05) is 20.6 Å². The smallest absolute Gasteiger partial charge is 0.268 e. The Balaban J connectivity index is 2.24. The van der Waals surface area contributed by atoms with Crippen LogP contribution in [0, 0.1) is 24.2 Å². The van der Waals surface area contributed by atoms with Gasteiger partial charge in [0.2, 0.25) is 0 Å². The first-order valence-electron chi connectivity index (χ1n) is 8.77. The highest BCUT2D eigenvalue weighted by molar-refractivity contribution is 7.90. The first kappa shape index (κ1) is 19.8. The quantitative estimate of drug-likeness (QED) is 0.599. The Morgan fingerprint density at radius 3 is 2.39 bits per heavy atom. The molecule has 1 heterocycles. The van der Waals surface area contributed by atoms with Crippen LogP contribution in [0.25, 0.3) is 10.9 Å². The molecule has 3 rings (SSSR count). The second-order valence-electron chi connectivity index (χ2n) is 6.98. The summed E-state index contributed by atoms with van der Waals surface area (Å²) in [7, 11) is -0.492. The predicted molar refractivity (Wildman–Crippen MR) is 108 cm³/mol. The number of fused-ring (bicyclic) bond motifs is 1. The van der Waals surface area contributed by atoms with E-state index in [1.165, 1.54) is 12.1 Å². The Labute approximate surface area is 164 Å². The number of ketones is 1. The number of hydrogen-bond donors (Lipinski definition) is 0. The molecule has 0 saturated heterocycles. The summed E-state index contributed by atoms with van der Waals surface area (Å²) in [5, 5.41) is 10.1. The highest BCUT2D eigenvalue weighted by atomic mass is 32.2. The standard InChI is InChI=1S/C21H21N3O3S/c1-15-8-10-18(11-9-15)28(26,27)24-19-7-5-4-6-16(19)12-20(24)21(25)17(13-22)14-23(2)3/h4-12,17H,14H2,1-3H3. The molecule has 0 amide bonds. The summed E-state index contributed by atoms with van der Waals surface area (Å²) in [5.74, 6) is -1.48. The number of Topliss-reactive ketones (excluding diaryl/α,β-unsaturated/α-hetero) is 1. The summed E-state index contributed by atoms with van der Waals surface area (Å²) < 4.78 is 27.9. The van der Waals surface area contributed by atoms with Crippen LogP contribution < -0.4 is 0 Å². The summed E-state index contributed by atoms with van der Waals surface area (Å²) in [6.07, 6.45) is 0. The summed E-state index contributed by atoms with van der Waals surface area (Å²) >= 11 is 0. The largest absolute Gasteiger partial charge is 0.308 e. The minimum absolute atomic E-state index is 0.00447. The molecule has 2 aromatic carbocycles. The van der Waals surface area contributed by atoms with E-state index >= 15 is 0 Å². The second-order valence-corrected chi connectivity index (χ2v) is 8.77. The van der Waals surface area contributed by atoms with Crippen LogP contribution in [-0.2, 0) is 10.0 Å². The first-order valence-corrected chi connectivity index (χ1v) is 10.2. The van der Waals surface area contributed by atoms with Gasteiger partial charge in [-0.1, -0.05) is 35.9 Å². The lowest BCUT2D eigenvalue weighted by molar-refractivity contribution is 0.0926. The van der Waals surface area contributed by atoms with Crippen molar-refractivity contribution in [3.05, 3.63) is 65.9 Å². The Kier molecular flexibility index (Phi) is 5.36. The summed E-state index contributed by atoms with van der Waals surface area (Å²) in [5.41, 5.74) is 1.34. The maximum absolute atomic E-state index is 13.4. The molecule has 0 saturated carbocycles. The molecule has 0 bridgehead atoms. The van der Waals surface area contributed by atoms with Gasteiger partial charge < -0.3 is 4.90 Å². The molecule has 144 valence electrons. The van der Waals surface area contributed by atoms with Crippen LogP contribution in [0.5, 0.6) is 0 Å². The SMILES string of the molecule is Cc1ccc(S(=O)(=O)n2c(C(=O)C(C#N)CN(C)C)cc3ccccc32)cc1. The third-order valence-electron chi connectivity index (χ3n) is 4.50. The summed E-state index contributed by atoms with van der Waals surface area (Å²) in [6, 6.07) is 16.9. The molecule has 0 radical (unpaired) electrons. The minimum atomic E-state index is -4.01. The maximum atomic E-state index is 13.4. The van der Waals surface area contributed by atoms with Gasteiger partial charge in [-0.15, -0.1) is 0 Å². The van der Waals surface area contributed by atoms with Crippen molar-refractivity contribution in [2.45, 2.75) is 11.8 Å². The molecule has 7 heteroatoms. The van der Waals surface area contributed by atoms with Crippen LogP contribution in [0.3, 0.4) is 0 Å². The van der Waals surface area contributed by atoms with Gasteiger partial charge in [-0.25, -0.2) is 12.4 Å². The molecule has 0 aliphatic carbocycles. The van der Waals surface area contributed by atoms with Crippen molar-refractivity contribution >= 4 is 26.7 Å². The zero-order valence-corrected chi connectivity index (χ0v) is 16.8. The maximum Gasteiger partial charge on any atom is 0.268 e. The van der Waals surface area contributed by atoms with Crippen LogP contribution in [-0.4, -0.2) is 43.7 Å². The lowest BCUT2D eigenvalue weighted by Gasteiger charge is -2.16. The van der Waals surface area contributed by atoms with Crippen molar-refractivity contribution in [3.8, 4) is 6.07 Å².